The van der Waals surface area contributed by atoms with Crippen LogP contribution in [-0.4, -0.2) is 58.0 Å². The predicted molar refractivity (Wildman–Crippen MR) is 149 cm³/mol. The number of hydrogen-bond acceptors (Lipinski definition) is 0. The van der Waals surface area contributed by atoms with Gasteiger partial charge in [0.1, 0.15) is 0 Å². The van der Waals surface area contributed by atoms with Gasteiger partial charge in [-0.3, -0.25) is 0 Å². The topological polar surface area (TPSA) is 0 Å². The van der Waals surface area contributed by atoms with Gasteiger partial charge in [0.05, 0.1) is 0 Å². The second kappa shape index (κ2) is 10.7. The molecule has 1 aliphatic carbocycles. The van der Waals surface area contributed by atoms with E-state index in [0.717, 1.165) is 9.63 Å². The molecule has 0 amide bonds. The summed E-state index contributed by atoms with van der Waals surface area (Å²) in [5.74, 6) is 0. The number of hydrogen-bond donors (Lipinski definition) is 0. The van der Waals surface area contributed by atoms with Gasteiger partial charge in [-0.1, -0.05) is 0 Å². The Morgan fingerprint density at radius 2 is 0.871 bits per heavy atom. The summed E-state index contributed by atoms with van der Waals surface area (Å²) >= 11 is 1.69. The third-order valence-electron chi connectivity index (χ3n) is 3.72. The molecule has 0 bridgehead atoms. The van der Waals surface area contributed by atoms with Crippen LogP contribution in [0.5, 0.6) is 0 Å². The first-order valence-corrected chi connectivity index (χ1v) is 33.7. The minimum atomic E-state index is -5.42. The third-order valence-corrected chi connectivity index (χ3v) is 14.3. The van der Waals surface area contributed by atoms with E-state index in [1.165, 1.54) is 4.46 Å². The van der Waals surface area contributed by atoms with Crippen LogP contribution in [0.1, 0.15) is 0 Å². The van der Waals surface area contributed by atoms with E-state index < -0.39 is 9.14 Å². The Bertz CT molecular complexity index is 966. The van der Waals surface area contributed by atoms with Gasteiger partial charge in [-0.15, -0.1) is 0 Å². The van der Waals surface area contributed by atoms with Crippen molar-refractivity contribution in [2.24, 2.45) is 0 Å². The van der Waals surface area contributed by atoms with Crippen LogP contribution in [0.2, 0.25) is 9.63 Å². The molecule has 0 spiro atoms. The fourth-order valence-corrected chi connectivity index (χ4v) is 13.6. The van der Waals surface area contributed by atoms with Gasteiger partial charge in [-0.25, -0.2) is 0 Å². The van der Waals surface area contributed by atoms with E-state index in [1.807, 2.05) is 4.42 Å². The Morgan fingerprint density at radius 1 is 0.548 bits per heavy atom. The molecule has 166 valence electrons. The van der Waals surface area contributed by atoms with Crippen LogP contribution >= 0.6 is 53.0 Å². The second-order valence-electron chi connectivity index (χ2n) is 6.48. The van der Waals surface area contributed by atoms with Crippen molar-refractivity contribution in [3.05, 3.63) is 91.0 Å². The molecule has 0 heterocycles. The Balaban J connectivity index is 0.000000339. The van der Waals surface area contributed by atoms with E-state index in [1.54, 1.807) is 8.92 Å². The number of halogens is 6. The van der Waals surface area contributed by atoms with Crippen molar-refractivity contribution in [2.45, 2.75) is 9.63 Å². The van der Waals surface area contributed by atoms with Crippen LogP contribution in [0.3, 0.4) is 0 Å². The summed E-state index contributed by atoms with van der Waals surface area (Å²) in [6.45, 7) is 0. The summed E-state index contributed by atoms with van der Waals surface area (Å²) in [7, 11) is 25.0. The fraction of sp³-hybridized carbons (Fsp3) is 0.0952. The Morgan fingerprint density at radius 3 is 1.23 bits per heavy atom. The molecule has 0 saturated heterocycles. The molecule has 4 rings (SSSR count). The monoisotopic (exact) mass is 840 g/mol. The van der Waals surface area contributed by atoms with Crippen molar-refractivity contribution in [2.75, 3.05) is 0 Å². The van der Waals surface area contributed by atoms with Crippen LogP contribution in [0.4, 0.5) is 0 Å². The van der Waals surface area contributed by atoms with Gasteiger partial charge >= 0.3 is 225 Å². The first-order chi connectivity index (χ1) is 14.3. The Hall–Kier alpha value is 1.65. The molecule has 3 aromatic rings. The molecule has 0 nitrogen and oxygen atoms in total. The second-order valence-corrected chi connectivity index (χ2v) is 70.9. The van der Waals surface area contributed by atoms with Gasteiger partial charge in [0, 0.05) is 0 Å². The summed E-state index contributed by atoms with van der Waals surface area (Å²) in [6.07, 6.45) is 0. The van der Waals surface area contributed by atoms with E-state index in [-0.39, 0.29) is 0 Å². The maximum atomic E-state index is 5.06. The first-order valence-electron chi connectivity index (χ1n) is 8.94. The molecule has 0 N–H and O–H groups in total. The van der Waals surface area contributed by atoms with E-state index in [9.17, 15) is 0 Å². The van der Waals surface area contributed by atoms with E-state index in [4.69, 9.17) is 53.0 Å². The summed E-state index contributed by atoms with van der Waals surface area (Å²) in [5, 5.41) is 0. The van der Waals surface area contributed by atoms with Gasteiger partial charge in [-0.05, 0) is 0 Å². The molecule has 2 atom stereocenters. The number of rotatable bonds is 5. The molecular formula is C21H17Cl6SbSe3. The molecule has 1 saturated carbocycles. The zero-order valence-electron chi connectivity index (χ0n) is 15.8. The van der Waals surface area contributed by atoms with Gasteiger partial charge in [0.25, 0.3) is 0 Å². The average molecular weight is 841 g/mol. The Kier molecular flexibility index (Phi) is 9.42. The van der Waals surface area contributed by atoms with Crippen molar-refractivity contribution >= 4 is 124 Å². The molecule has 1 aliphatic rings. The summed E-state index contributed by atoms with van der Waals surface area (Å²) < 4.78 is 6.46. The van der Waals surface area contributed by atoms with Crippen molar-refractivity contribution in [3.8, 4) is 0 Å². The van der Waals surface area contributed by atoms with Crippen LogP contribution in [0.15, 0.2) is 91.0 Å². The first kappa shape index (κ1) is 27.2. The van der Waals surface area contributed by atoms with Gasteiger partial charge in [0.2, 0.25) is 0 Å². The van der Waals surface area contributed by atoms with Crippen LogP contribution in [0.25, 0.3) is 0 Å². The average Bonchev–Trinajstić information content (AvgIpc) is 3.31. The molecule has 2 unspecified atom stereocenters. The zero-order chi connectivity index (χ0) is 22.6. The van der Waals surface area contributed by atoms with Crippen molar-refractivity contribution in [3.63, 3.8) is 0 Å². The standard InChI is InChI=1S/C21H17Se3.6ClH.Sb/c1-4-10-16(11-5-1)22-19-20(23-17-12-6-2-7-13-17)21(19)24-18-14-8-3-9-15-18;;;;;;;/h1-15,19-20H;6*1H;/q+1;;;;;;;+5/p-6. The zero-order valence-corrected chi connectivity index (χ0v) is 28.0. The third kappa shape index (κ3) is 12.3. The van der Waals surface area contributed by atoms with E-state index in [0.29, 0.717) is 44.4 Å². The molecule has 10 heteroatoms. The van der Waals surface area contributed by atoms with Crippen LogP contribution < -0.4 is 13.4 Å². The predicted octanol–water partition coefficient (Wildman–Crippen LogP) is 5.59. The maximum absolute atomic E-state index is 5.42. The van der Waals surface area contributed by atoms with E-state index in [2.05, 4.69) is 91.0 Å². The van der Waals surface area contributed by atoms with Gasteiger partial charge < -0.3 is 0 Å². The quantitative estimate of drug-likeness (QED) is 0.294. The molecule has 0 radical (unpaired) electrons. The summed E-state index contributed by atoms with van der Waals surface area (Å²) in [6, 6.07) is 33.2. The molecule has 1 fully saturated rings. The molecule has 3 aromatic carbocycles. The summed E-state index contributed by atoms with van der Waals surface area (Å²) in [4.78, 5) is 1.70. The number of benzene rings is 3. The van der Waals surface area contributed by atoms with Gasteiger partial charge in [0.15, 0.2) is 0 Å². The molecular weight excluding hydrogens is 824 g/mol. The normalized spacial score (nSPS) is 20.0. The van der Waals surface area contributed by atoms with Gasteiger partial charge in [-0.2, -0.15) is 0 Å². The summed E-state index contributed by atoms with van der Waals surface area (Å²) in [5.41, 5.74) is 0. The molecule has 0 aliphatic heterocycles. The molecule has 0 aromatic heterocycles. The van der Waals surface area contributed by atoms with Crippen LogP contribution in [-0.2, 0) is 0 Å². The molecule has 31 heavy (non-hydrogen) atoms. The Labute approximate surface area is 221 Å². The SMILES string of the molecule is [Cl][Sb-]([Cl])([Cl])([Cl])([Cl])[Cl].c1ccc([Se]C2C(=[Se+]c3ccccc3)C2[Se]c2ccccc2)cc1. The fourth-order valence-electron chi connectivity index (χ4n) is 2.47. The van der Waals surface area contributed by atoms with Crippen molar-refractivity contribution < 1.29 is 0 Å². The van der Waals surface area contributed by atoms with Crippen molar-refractivity contribution in [1.82, 2.24) is 0 Å². The van der Waals surface area contributed by atoms with Crippen LogP contribution in [0, 0.1) is 0 Å². The minimum absolute atomic E-state index is 0.531. The van der Waals surface area contributed by atoms with E-state index >= 15 is 0 Å². The van der Waals surface area contributed by atoms with Crippen molar-refractivity contribution in [1.29, 1.82) is 0 Å².